The van der Waals surface area contributed by atoms with Crippen LogP contribution in [0, 0.1) is 0 Å². The first-order valence-electron chi connectivity index (χ1n) is 4.20. The molecule has 1 amide bonds. The quantitative estimate of drug-likeness (QED) is 0.794. The maximum atomic E-state index is 11.0. The zero-order chi connectivity index (χ0) is 9.84. The first-order chi connectivity index (χ1) is 6.15. The lowest BCUT2D eigenvalue weighted by Gasteiger charge is -2.10. The van der Waals surface area contributed by atoms with E-state index < -0.39 is 0 Å². The Morgan fingerprint density at radius 1 is 1.46 bits per heavy atom. The fourth-order valence-corrected chi connectivity index (χ4v) is 1.42. The Morgan fingerprint density at radius 2 is 2.00 bits per heavy atom. The molecule has 3 heteroatoms. The van der Waals surface area contributed by atoms with Crippen LogP contribution in [0.15, 0.2) is 24.3 Å². The average Bonchev–Trinajstić information content (AvgIpc) is 2.09. The predicted octanol–water partition coefficient (Wildman–Crippen LogP) is 2.32. The van der Waals surface area contributed by atoms with Gasteiger partial charge in [-0.15, -0.1) is 0 Å². The van der Waals surface area contributed by atoms with E-state index in [1.165, 1.54) is 0 Å². The minimum Gasteiger partial charge on any atom is -0.369 e. The second-order valence-corrected chi connectivity index (χ2v) is 3.35. The number of carbonyl (C=O) groups excluding carboxylic acids is 1. The van der Waals surface area contributed by atoms with E-state index in [4.69, 9.17) is 17.3 Å². The van der Waals surface area contributed by atoms with E-state index in [0.29, 0.717) is 5.02 Å². The highest BCUT2D eigenvalue weighted by molar-refractivity contribution is 6.30. The molecule has 0 bridgehead atoms. The predicted molar refractivity (Wildman–Crippen MR) is 53.7 cm³/mol. The molecular weight excluding hydrogens is 186 g/mol. The highest BCUT2D eigenvalue weighted by atomic mass is 35.5. The second-order valence-electron chi connectivity index (χ2n) is 2.91. The third-order valence-electron chi connectivity index (χ3n) is 2.02. The summed E-state index contributed by atoms with van der Waals surface area (Å²) in [6.45, 7) is 1.93. The standard InChI is InChI=1S/C10H12ClNO/c1-2-9(10(12)13)7-3-5-8(11)6-4-7/h3-6,9H,2H2,1H3,(H2,12,13). The number of amides is 1. The molecule has 0 aromatic heterocycles. The fraction of sp³-hybridized carbons (Fsp3) is 0.300. The van der Waals surface area contributed by atoms with Crippen molar-refractivity contribution >= 4 is 17.5 Å². The summed E-state index contributed by atoms with van der Waals surface area (Å²) in [5, 5.41) is 0.670. The Balaban J connectivity index is 2.92. The van der Waals surface area contributed by atoms with Crippen molar-refractivity contribution in [2.75, 3.05) is 0 Å². The van der Waals surface area contributed by atoms with Crippen LogP contribution in [0.25, 0.3) is 0 Å². The molecule has 0 spiro atoms. The summed E-state index contributed by atoms with van der Waals surface area (Å²) < 4.78 is 0. The maximum absolute atomic E-state index is 11.0. The summed E-state index contributed by atoms with van der Waals surface area (Å²) >= 11 is 5.72. The molecule has 1 aromatic rings. The Kier molecular flexibility index (Phi) is 3.32. The summed E-state index contributed by atoms with van der Waals surface area (Å²) in [4.78, 5) is 11.0. The Morgan fingerprint density at radius 3 is 2.38 bits per heavy atom. The monoisotopic (exact) mass is 197 g/mol. The number of carbonyl (C=O) groups is 1. The number of hydrogen-bond donors (Lipinski definition) is 1. The first kappa shape index (κ1) is 10.1. The van der Waals surface area contributed by atoms with Gasteiger partial charge in [-0.05, 0) is 24.1 Å². The van der Waals surface area contributed by atoms with Gasteiger partial charge < -0.3 is 5.73 Å². The number of primary amides is 1. The molecule has 2 N–H and O–H groups in total. The summed E-state index contributed by atoms with van der Waals surface area (Å²) in [6.07, 6.45) is 0.719. The van der Waals surface area contributed by atoms with Crippen LogP contribution in [-0.4, -0.2) is 5.91 Å². The van der Waals surface area contributed by atoms with Gasteiger partial charge in [0.1, 0.15) is 0 Å². The lowest BCUT2D eigenvalue weighted by molar-refractivity contribution is -0.119. The van der Waals surface area contributed by atoms with E-state index in [2.05, 4.69) is 0 Å². The third-order valence-corrected chi connectivity index (χ3v) is 2.28. The summed E-state index contributed by atoms with van der Waals surface area (Å²) in [5.74, 6) is -0.484. The van der Waals surface area contributed by atoms with E-state index >= 15 is 0 Å². The minimum atomic E-state index is -0.287. The number of halogens is 1. The lowest BCUT2D eigenvalue weighted by Crippen LogP contribution is -2.20. The van der Waals surface area contributed by atoms with Crippen LogP contribution >= 0.6 is 11.6 Å². The van der Waals surface area contributed by atoms with Gasteiger partial charge in [0.05, 0.1) is 5.92 Å². The van der Waals surface area contributed by atoms with Gasteiger partial charge >= 0.3 is 0 Å². The van der Waals surface area contributed by atoms with Crippen molar-refractivity contribution in [2.45, 2.75) is 19.3 Å². The number of hydrogen-bond acceptors (Lipinski definition) is 1. The van der Waals surface area contributed by atoms with Crippen LogP contribution in [0.3, 0.4) is 0 Å². The average molecular weight is 198 g/mol. The number of benzene rings is 1. The Hall–Kier alpha value is -1.02. The molecule has 1 aromatic carbocycles. The van der Waals surface area contributed by atoms with Crippen LogP contribution in [0.2, 0.25) is 5.02 Å². The topological polar surface area (TPSA) is 43.1 Å². The van der Waals surface area contributed by atoms with Crippen LogP contribution < -0.4 is 5.73 Å². The maximum Gasteiger partial charge on any atom is 0.224 e. The zero-order valence-corrected chi connectivity index (χ0v) is 8.21. The molecular formula is C10H12ClNO. The van der Waals surface area contributed by atoms with Crippen molar-refractivity contribution < 1.29 is 4.79 Å². The molecule has 2 nitrogen and oxygen atoms in total. The highest BCUT2D eigenvalue weighted by Gasteiger charge is 2.14. The molecule has 0 aliphatic heterocycles. The number of rotatable bonds is 3. The van der Waals surface area contributed by atoms with E-state index in [1.54, 1.807) is 12.1 Å². The van der Waals surface area contributed by atoms with Crippen molar-refractivity contribution in [3.63, 3.8) is 0 Å². The van der Waals surface area contributed by atoms with Gasteiger partial charge in [-0.3, -0.25) is 4.79 Å². The molecule has 0 aliphatic rings. The molecule has 1 unspecified atom stereocenters. The van der Waals surface area contributed by atoms with Crippen molar-refractivity contribution in [1.29, 1.82) is 0 Å². The van der Waals surface area contributed by atoms with Gasteiger partial charge in [-0.1, -0.05) is 30.7 Å². The first-order valence-corrected chi connectivity index (χ1v) is 4.57. The van der Waals surface area contributed by atoms with Crippen molar-refractivity contribution in [3.05, 3.63) is 34.9 Å². The van der Waals surface area contributed by atoms with Gasteiger partial charge in [0.25, 0.3) is 0 Å². The summed E-state index contributed by atoms with van der Waals surface area (Å²) in [6, 6.07) is 7.20. The molecule has 70 valence electrons. The van der Waals surface area contributed by atoms with Crippen LogP contribution in [0.4, 0.5) is 0 Å². The molecule has 13 heavy (non-hydrogen) atoms. The van der Waals surface area contributed by atoms with Crippen LogP contribution in [0.1, 0.15) is 24.8 Å². The Bertz CT molecular complexity index is 294. The van der Waals surface area contributed by atoms with Crippen LogP contribution in [0.5, 0.6) is 0 Å². The molecule has 0 radical (unpaired) electrons. The molecule has 0 saturated heterocycles. The van der Waals surface area contributed by atoms with E-state index in [9.17, 15) is 4.79 Å². The Labute approximate surface area is 82.7 Å². The molecule has 0 saturated carbocycles. The normalized spacial score (nSPS) is 12.5. The summed E-state index contributed by atoms with van der Waals surface area (Å²) in [7, 11) is 0. The third kappa shape index (κ3) is 2.46. The minimum absolute atomic E-state index is 0.197. The molecule has 1 rings (SSSR count). The molecule has 1 atom stereocenters. The van der Waals surface area contributed by atoms with Gasteiger partial charge in [0.2, 0.25) is 5.91 Å². The van der Waals surface area contributed by atoms with Crippen molar-refractivity contribution in [3.8, 4) is 0 Å². The fourth-order valence-electron chi connectivity index (χ4n) is 1.30. The molecule has 0 fully saturated rings. The molecule has 0 aliphatic carbocycles. The molecule has 0 heterocycles. The van der Waals surface area contributed by atoms with E-state index in [1.807, 2.05) is 19.1 Å². The van der Waals surface area contributed by atoms with Crippen molar-refractivity contribution in [2.24, 2.45) is 5.73 Å². The smallest absolute Gasteiger partial charge is 0.224 e. The largest absolute Gasteiger partial charge is 0.369 e. The van der Waals surface area contributed by atoms with Gasteiger partial charge in [-0.25, -0.2) is 0 Å². The number of nitrogens with two attached hydrogens (primary N) is 1. The lowest BCUT2D eigenvalue weighted by atomic mass is 9.96. The van der Waals surface area contributed by atoms with Gasteiger partial charge in [-0.2, -0.15) is 0 Å². The second kappa shape index (κ2) is 4.28. The van der Waals surface area contributed by atoms with Gasteiger partial charge in [0, 0.05) is 5.02 Å². The SMILES string of the molecule is CCC(C(N)=O)c1ccc(Cl)cc1. The van der Waals surface area contributed by atoms with E-state index in [-0.39, 0.29) is 11.8 Å². The van der Waals surface area contributed by atoms with Crippen molar-refractivity contribution in [1.82, 2.24) is 0 Å². The highest BCUT2D eigenvalue weighted by Crippen LogP contribution is 2.20. The van der Waals surface area contributed by atoms with Crippen LogP contribution in [-0.2, 0) is 4.79 Å². The summed E-state index contributed by atoms with van der Waals surface area (Å²) in [5.41, 5.74) is 6.18. The zero-order valence-electron chi connectivity index (χ0n) is 7.46. The van der Waals surface area contributed by atoms with Gasteiger partial charge in [0.15, 0.2) is 0 Å². The van der Waals surface area contributed by atoms with E-state index in [0.717, 1.165) is 12.0 Å².